The third kappa shape index (κ3) is 3.97. The van der Waals surface area contributed by atoms with Gasteiger partial charge in [-0.25, -0.2) is 13.1 Å². The Labute approximate surface area is 135 Å². The van der Waals surface area contributed by atoms with Crippen LogP contribution in [0.1, 0.15) is 28.8 Å². The van der Waals surface area contributed by atoms with E-state index in [-0.39, 0.29) is 16.8 Å². The van der Waals surface area contributed by atoms with Gasteiger partial charge in [0.05, 0.1) is 4.90 Å². The summed E-state index contributed by atoms with van der Waals surface area (Å²) in [5.74, 6) is -0.334. The molecule has 0 saturated heterocycles. The maximum atomic E-state index is 12.3. The van der Waals surface area contributed by atoms with Gasteiger partial charge in [-0.15, -0.1) is 0 Å². The van der Waals surface area contributed by atoms with Gasteiger partial charge >= 0.3 is 0 Å². The molecule has 6 heteroatoms. The van der Waals surface area contributed by atoms with Crippen LogP contribution in [-0.4, -0.2) is 20.4 Å². The molecule has 1 saturated carbocycles. The summed E-state index contributed by atoms with van der Waals surface area (Å²) in [5.41, 5.74) is 2.03. The Morgan fingerprint density at radius 3 is 2.52 bits per heavy atom. The van der Waals surface area contributed by atoms with Crippen molar-refractivity contribution in [3.05, 3.63) is 59.7 Å². The summed E-state index contributed by atoms with van der Waals surface area (Å²) in [6, 6.07) is 13.5. The topological polar surface area (TPSA) is 75.3 Å². The van der Waals surface area contributed by atoms with Gasteiger partial charge in [0.25, 0.3) is 5.91 Å². The molecule has 0 spiro atoms. The summed E-state index contributed by atoms with van der Waals surface area (Å²) >= 11 is 0. The Hall–Kier alpha value is -2.18. The number of carbonyl (C=O) groups is 1. The molecule has 5 nitrogen and oxygen atoms in total. The lowest BCUT2D eigenvalue weighted by Gasteiger charge is -2.09. The number of rotatable bonds is 5. The van der Waals surface area contributed by atoms with Crippen molar-refractivity contribution in [2.45, 2.75) is 30.7 Å². The first-order chi connectivity index (χ1) is 10.9. The largest absolute Gasteiger partial charge is 0.322 e. The normalized spacial score (nSPS) is 14.5. The van der Waals surface area contributed by atoms with Crippen LogP contribution >= 0.6 is 0 Å². The second-order valence-corrected chi connectivity index (χ2v) is 7.46. The molecule has 2 aromatic rings. The first kappa shape index (κ1) is 15.7. The van der Waals surface area contributed by atoms with Gasteiger partial charge in [-0.1, -0.05) is 18.2 Å². The van der Waals surface area contributed by atoms with Crippen LogP contribution in [0.4, 0.5) is 5.69 Å². The summed E-state index contributed by atoms with van der Waals surface area (Å²) in [5, 5.41) is 2.78. The van der Waals surface area contributed by atoms with E-state index < -0.39 is 10.0 Å². The standard InChI is InChI=1S/C17H18N2O3S/c1-12-4-2-6-15(10-12)18-17(20)13-5-3-7-16(11-13)23(21,22)19-14-8-9-14/h2-7,10-11,14,19H,8-9H2,1H3,(H,18,20). The Kier molecular flexibility index (Phi) is 4.19. The van der Waals surface area contributed by atoms with E-state index in [1.54, 1.807) is 18.2 Å². The molecule has 0 atom stereocenters. The fraction of sp³-hybridized carbons (Fsp3) is 0.235. The van der Waals surface area contributed by atoms with Crippen LogP contribution < -0.4 is 10.0 Å². The number of anilines is 1. The molecule has 23 heavy (non-hydrogen) atoms. The Morgan fingerprint density at radius 1 is 1.09 bits per heavy atom. The SMILES string of the molecule is Cc1cccc(NC(=O)c2cccc(S(=O)(=O)NC3CC3)c2)c1. The average molecular weight is 330 g/mol. The minimum Gasteiger partial charge on any atom is -0.322 e. The van der Waals surface area contributed by atoms with E-state index >= 15 is 0 Å². The van der Waals surface area contributed by atoms with Crippen LogP contribution in [0.15, 0.2) is 53.4 Å². The highest BCUT2D eigenvalue weighted by atomic mass is 32.2. The maximum Gasteiger partial charge on any atom is 0.255 e. The highest BCUT2D eigenvalue weighted by molar-refractivity contribution is 7.89. The van der Waals surface area contributed by atoms with Crippen LogP contribution in [-0.2, 0) is 10.0 Å². The minimum atomic E-state index is -3.56. The zero-order valence-electron chi connectivity index (χ0n) is 12.7. The van der Waals surface area contributed by atoms with Crippen LogP contribution in [0.5, 0.6) is 0 Å². The van der Waals surface area contributed by atoms with Gasteiger partial charge in [0.1, 0.15) is 0 Å². The van der Waals surface area contributed by atoms with Crippen LogP contribution in [0.25, 0.3) is 0 Å². The third-order valence-electron chi connectivity index (χ3n) is 3.58. The number of hydrogen-bond donors (Lipinski definition) is 2. The average Bonchev–Trinajstić information content (AvgIpc) is 3.31. The molecule has 0 bridgehead atoms. The second kappa shape index (κ2) is 6.14. The van der Waals surface area contributed by atoms with E-state index in [4.69, 9.17) is 0 Å². The molecule has 0 radical (unpaired) electrons. The van der Waals surface area contributed by atoms with Crippen LogP contribution in [0.2, 0.25) is 0 Å². The van der Waals surface area contributed by atoms with E-state index in [1.807, 2.05) is 25.1 Å². The van der Waals surface area contributed by atoms with Crippen molar-refractivity contribution < 1.29 is 13.2 Å². The lowest BCUT2D eigenvalue weighted by atomic mass is 10.2. The summed E-state index contributed by atoms with van der Waals surface area (Å²) in [7, 11) is -3.56. The molecule has 2 aromatic carbocycles. The van der Waals surface area contributed by atoms with Gasteiger partial charge in [0.15, 0.2) is 0 Å². The van der Waals surface area contributed by atoms with Crippen molar-refractivity contribution in [3.8, 4) is 0 Å². The van der Waals surface area contributed by atoms with Gasteiger partial charge in [-0.05, 0) is 55.7 Å². The number of aryl methyl sites for hydroxylation is 1. The van der Waals surface area contributed by atoms with Gasteiger partial charge < -0.3 is 5.32 Å². The molecule has 120 valence electrons. The highest BCUT2D eigenvalue weighted by Crippen LogP contribution is 2.22. The molecular weight excluding hydrogens is 312 g/mol. The number of benzene rings is 2. The Morgan fingerprint density at radius 2 is 1.83 bits per heavy atom. The predicted octanol–water partition coefficient (Wildman–Crippen LogP) is 2.69. The monoisotopic (exact) mass is 330 g/mol. The van der Waals surface area contributed by atoms with E-state index in [0.717, 1.165) is 18.4 Å². The smallest absolute Gasteiger partial charge is 0.255 e. The quantitative estimate of drug-likeness (QED) is 0.885. The van der Waals surface area contributed by atoms with Crippen molar-refractivity contribution in [2.24, 2.45) is 0 Å². The minimum absolute atomic E-state index is 0.0322. The first-order valence-electron chi connectivity index (χ1n) is 7.44. The molecule has 0 aliphatic heterocycles. The fourth-order valence-corrected chi connectivity index (χ4v) is 3.57. The molecule has 1 aliphatic rings. The molecule has 0 heterocycles. The zero-order chi connectivity index (χ0) is 16.4. The van der Waals surface area contributed by atoms with Crippen molar-refractivity contribution in [2.75, 3.05) is 5.32 Å². The summed E-state index contributed by atoms with van der Waals surface area (Å²) in [4.78, 5) is 12.4. The first-order valence-corrected chi connectivity index (χ1v) is 8.93. The lowest BCUT2D eigenvalue weighted by Crippen LogP contribution is -2.26. The Bertz CT molecular complexity index is 842. The predicted molar refractivity (Wildman–Crippen MR) is 88.9 cm³/mol. The van der Waals surface area contributed by atoms with Gasteiger partial charge in [-0.2, -0.15) is 0 Å². The molecule has 1 fully saturated rings. The molecular formula is C17H18N2O3S. The molecule has 3 rings (SSSR count). The number of sulfonamides is 1. The Balaban J connectivity index is 1.80. The third-order valence-corrected chi connectivity index (χ3v) is 5.10. The highest BCUT2D eigenvalue weighted by Gasteiger charge is 2.28. The number of hydrogen-bond acceptors (Lipinski definition) is 3. The van der Waals surface area contributed by atoms with Crippen molar-refractivity contribution >= 4 is 21.6 Å². The fourth-order valence-electron chi connectivity index (χ4n) is 2.22. The number of carbonyl (C=O) groups excluding carboxylic acids is 1. The van der Waals surface area contributed by atoms with E-state index in [2.05, 4.69) is 10.0 Å². The molecule has 1 aliphatic carbocycles. The van der Waals surface area contributed by atoms with Crippen LogP contribution in [0, 0.1) is 6.92 Å². The molecule has 1 amide bonds. The summed E-state index contributed by atoms with van der Waals surface area (Å²) in [6.45, 7) is 1.94. The maximum absolute atomic E-state index is 12.3. The van der Waals surface area contributed by atoms with E-state index in [1.165, 1.54) is 12.1 Å². The lowest BCUT2D eigenvalue weighted by molar-refractivity contribution is 0.102. The van der Waals surface area contributed by atoms with Crippen LogP contribution in [0.3, 0.4) is 0 Å². The molecule has 0 aromatic heterocycles. The van der Waals surface area contributed by atoms with Gasteiger partial charge in [0.2, 0.25) is 10.0 Å². The summed E-state index contributed by atoms with van der Waals surface area (Å²) in [6.07, 6.45) is 1.74. The molecule has 0 unspecified atom stereocenters. The van der Waals surface area contributed by atoms with Crippen molar-refractivity contribution in [1.29, 1.82) is 0 Å². The summed E-state index contributed by atoms with van der Waals surface area (Å²) < 4.78 is 27.0. The van der Waals surface area contributed by atoms with Crippen molar-refractivity contribution in [1.82, 2.24) is 4.72 Å². The number of nitrogens with one attached hydrogen (secondary N) is 2. The molecule has 2 N–H and O–H groups in total. The van der Waals surface area contributed by atoms with E-state index in [0.29, 0.717) is 11.3 Å². The van der Waals surface area contributed by atoms with Gasteiger partial charge in [-0.3, -0.25) is 4.79 Å². The van der Waals surface area contributed by atoms with E-state index in [9.17, 15) is 13.2 Å². The zero-order valence-corrected chi connectivity index (χ0v) is 13.6. The van der Waals surface area contributed by atoms with Crippen molar-refractivity contribution in [3.63, 3.8) is 0 Å². The second-order valence-electron chi connectivity index (χ2n) is 5.75. The number of amides is 1. The van der Waals surface area contributed by atoms with Gasteiger partial charge in [0, 0.05) is 17.3 Å².